The number of hydrogen-bond acceptors (Lipinski definition) is 3. The Kier molecular flexibility index (Phi) is 5.07. The second-order valence-electron chi connectivity index (χ2n) is 10.7. The third kappa shape index (κ3) is 3.59. The van der Waals surface area contributed by atoms with E-state index in [2.05, 4.69) is 144 Å². The van der Waals surface area contributed by atoms with Gasteiger partial charge in [0.25, 0.3) is 0 Å². The molecule has 0 unspecified atom stereocenters. The maximum absolute atomic E-state index is 5.28. The molecule has 0 N–H and O–H groups in total. The minimum atomic E-state index is 0.679. The van der Waals surface area contributed by atoms with Crippen LogP contribution in [0.1, 0.15) is 0 Å². The number of hydrogen-bond donors (Lipinski definition) is 0. The lowest BCUT2D eigenvalue weighted by Gasteiger charge is -2.12. The van der Waals surface area contributed by atoms with Gasteiger partial charge in [0, 0.05) is 26.6 Å². The highest BCUT2D eigenvalue weighted by atomic mass is 32.1. The van der Waals surface area contributed by atoms with Crippen LogP contribution in [0.2, 0.25) is 0 Å². The maximum Gasteiger partial charge on any atom is 0.235 e. The summed E-state index contributed by atoms with van der Waals surface area (Å²) in [5.74, 6) is 0.679. The Morgan fingerprint density at radius 3 is 1.69 bits per heavy atom. The second kappa shape index (κ2) is 9.10. The molecular weight excluding hydrogens is 531 g/mol. The molecule has 0 atom stereocenters. The lowest BCUT2D eigenvalue weighted by molar-refractivity contribution is 0.999. The molecule has 42 heavy (non-hydrogen) atoms. The van der Waals surface area contributed by atoms with E-state index in [-0.39, 0.29) is 0 Å². The third-order valence-electron chi connectivity index (χ3n) is 8.19. The van der Waals surface area contributed by atoms with Crippen molar-refractivity contribution in [2.45, 2.75) is 0 Å². The molecule has 3 aromatic heterocycles. The van der Waals surface area contributed by atoms with E-state index >= 15 is 0 Å². The molecule has 0 aliphatic rings. The summed E-state index contributed by atoms with van der Waals surface area (Å²) in [4.78, 5) is 10.6. The highest BCUT2D eigenvalue weighted by Crippen LogP contribution is 2.42. The summed E-state index contributed by atoms with van der Waals surface area (Å²) in [6, 6.07) is 49.5. The van der Waals surface area contributed by atoms with Crippen molar-refractivity contribution in [3.05, 3.63) is 140 Å². The van der Waals surface area contributed by atoms with Gasteiger partial charge in [0.1, 0.15) is 0 Å². The molecule has 0 aliphatic heterocycles. The molecule has 9 rings (SSSR count). The van der Waals surface area contributed by atoms with E-state index in [1.807, 2.05) is 11.3 Å². The van der Waals surface area contributed by atoms with E-state index in [4.69, 9.17) is 9.97 Å². The van der Waals surface area contributed by atoms with E-state index in [1.165, 1.54) is 41.7 Å². The monoisotopic (exact) mass is 553 g/mol. The van der Waals surface area contributed by atoms with Crippen LogP contribution in [0.5, 0.6) is 0 Å². The van der Waals surface area contributed by atoms with E-state index in [0.29, 0.717) is 5.95 Å². The van der Waals surface area contributed by atoms with Gasteiger partial charge in [0.2, 0.25) is 5.95 Å². The molecular formula is C38H23N3S. The SMILES string of the molecule is c1ccc2cc(-c3cc(-c4ccc5ccccc5c4)nc(-n4c5ccccc5c5sc6ccccc6c54)n3)ccc2c1. The van der Waals surface area contributed by atoms with Crippen molar-refractivity contribution in [2.75, 3.05) is 0 Å². The number of thiophene rings is 1. The zero-order valence-corrected chi connectivity index (χ0v) is 23.3. The zero-order chi connectivity index (χ0) is 27.6. The van der Waals surface area contributed by atoms with Crippen molar-refractivity contribution in [1.29, 1.82) is 0 Å². The molecule has 0 amide bonds. The minimum absolute atomic E-state index is 0.679. The number of nitrogens with zero attached hydrogens (tertiary/aromatic N) is 3. The molecule has 4 heteroatoms. The van der Waals surface area contributed by atoms with Gasteiger partial charge in [-0.1, -0.05) is 109 Å². The number of fused-ring (bicyclic) bond motifs is 7. The number of aromatic nitrogens is 3. The van der Waals surface area contributed by atoms with Crippen LogP contribution >= 0.6 is 11.3 Å². The highest BCUT2D eigenvalue weighted by molar-refractivity contribution is 7.26. The van der Waals surface area contributed by atoms with Crippen molar-refractivity contribution >= 4 is 64.1 Å². The van der Waals surface area contributed by atoms with Crippen molar-refractivity contribution < 1.29 is 0 Å². The molecule has 0 saturated carbocycles. The Labute approximate surface area is 246 Å². The van der Waals surface area contributed by atoms with E-state index in [9.17, 15) is 0 Å². The normalized spacial score (nSPS) is 11.8. The summed E-state index contributed by atoms with van der Waals surface area (Å²) in [5.41, 5.74) is 6.23. The van der Waals surface area contributed by atoms with Gasteiger partial charge in [-0.15, -0.1) is 11.3 Å². The standard InChI is InChI=1S/C38H23N3S/c1-3-11-26-21-28(19-17-24(26)9-1)32-23-33(29-20-18-25-10-2-4-12-27(25)22-29)40-38(39-32)41-34-15-7-5-13-30(34)37-36(41)31-14-6-8-16-35(31)42-37/h1-23H. The first kappa shape index (κ1) is 23.4. The van der Waals surface area contributed by atoms with Crippen LogP contribution in [0.15, 0.2) is 140 Å². The van der Waals surface area contributed by atoms with Gasteiger partial charge in [0.05, 0.1) is 27.1 Å². The molecule has 0 spiro atoms. The number of para-hydroxylation sites is 1. The average molecular weight is 554 g/mol. The maximum atomic E-state index is 5.28. The van der Waals surface area contributed by atoms with Gasteiger partial charge in [-0.2, -0.15) is 0 Å². The summed E-state index contributed by atoms with van der Waals surface area (Å²) in [5, 5.41) is 7.27. The van der Waals surface area contributed by atoms with Crippen LogP contribution in [0.4, 0.5) is 0 Å². The predicted octanol–water partition coefficient (Wildman–Crippen LogP) is 10.4. The molecule has 9 aromatic rings. The number of benzene rings is 6. The summed E-state index contributed by atoms with van der Waals surface area (Å²) in [7, 11) is 0. The summed E-state index contributed by atoms with van der Waals surface area (Å²) < 4.78 is 4.79. The fourth-order valence-electron chi connectivity index (χ4n) is 6.15. The van der Waals surface area contributed by atoms with Gasteiger partial charge in [-0.3, -0.25) is 4.57 Å². The van der Waals surface area contributed by atoms with Crippen molar-refractivity contribution in [3.8, 4) is 28.5 Å². The van der Waals surface area contributed by atoms with Gasteiger partial charge in [-0.05, 0) is 51.9 Å². The summed E-state index contributed by atoms with van der Waals surface area (Å²) in [6.07, 6.45) is 0. The quantitative estimate of drug-likeness (QED) is 0.218. The van der Waals surface area contributed by atoms with Gasteiger partial charge in [-0.25, -0.2) is 9.97 Å². The molecule has 0 radical (unpaired) electrons. The van der Waals surface area contributed by atoms with Crippen LogP contribution in [-0.2, 0) is 0 Å². The molecule has 196 valence electrons. The Morgan fingerprint density at radius 2 is 1.02 bits per heavy atom. The van der Waals surface area contributed by atoms with Crippen LogP contribution in [-0.4, -0.2) is 14.5 Å². The Morgan fingerprint density at radius 1 is 0.476 bits per heavy atom. The first-order chi connectivity index (χ1) is 20.8. The fraction of sp³-hybridized carbons (Fsp3) is 0. The highest BCUT2D eigenvalue weighted by Gasteiger charge is 2.20. The van der Waals surface area contributed by atoms with E-state index in [0.717, 1.165) is 33.5 Å². The molecule has 6 aromatic carbocycles. The van der Waals surface area contributed by atoms with Gasteiger partial charge < -0.3 is 0 Å². The summed E-state index contributed by atoms with van der Waals surface area (Å²) >= 11 is 1.83. The van der Waals surface area contributed by atoms with Crippen molar-refractivity contribution in [3.63, 3.8) is 0 Å². The lowest BCUT2D eigenvalue weighted by atomic mass is 10.0. The lowest BCUT2D eigenvalue weighted by Crippen LogP contribution is -2.04. The topological polar surface area (TPSA) is 30.7 Å². The van der Waals surface area contributed by atoms with Gasteiger partial charge in [0.15, 0.2) is 0 Å². The fourth-order valence-corrected chi connectivity index (χ4v) is 7.37. The first-order valence-electron chi connectivity index (χ1n) is 14.1. The van der Waals surface area contributed by atoms with E-state index < -0.39 is 0 Å². The second-order valence-corrected chi connectivity index (χ2v) is 11.7. The van der Waals surface area contributed by atoms with Crippen LogP contribution < -0.4 is 0 Å². The molecule has 0 fully saturated rings. The minimum Gasteiger partial charge on any atom is -0.276 e. The summed E-state index contributed by atoms with van der Waals surface area (Å²) in [6.45, 7) is 0. The predicted molar refractivity (Wildman–Crippen MR) is 178 cm³/mol. The first-order valence-corrected chi connectivity index (χ1v) is 14.9. The average Bonchev–Trinajstić information content (AvgIpc) is 3.59. The third-order valence-corrected chi connectivity index (χ3v) is 9.38. The van der Waals surface area contributed by atoms with Crippen LogP contribution in [0.25, 0.3) is 81.2 Å². The zero-order valence-electron chi connectivity index (χ0n) is 22.5. The van der Waals surface area contributed by atoms with Crippen LogP contribution in [0.3, 0.4) is 0 Å². The molecule has 3 nitrogen and oxygen atoms in total. The van der Waals surface area contributed by atoms with E-state index in [1.54, 1.807) is 0 Å². The van der Waals surface area contributed by atoms with Crippen LogP contribution in [0, 0.1) is 0 Å². The molecule has 3 heterocycles. The molecule has 0 saturated heterocycles. The van der Waals surface area contributed by atoms with Crippen molar-refractivity contribution in [1.82, 2.24) is 14.5 Å². The Balaban J connectivity index is 1.37. The smallest absolute Gasteiger partial charge is 0.235 e. The number of rotatable bonds is 3. The van der Waals surface area contributed by atoms with Crippen molar-refractivity contribution in [2.24, 2.45) is 0 Å². The largest absolute Gasteiger partial charge is 0.276 e. The Hall–Kier alpha value is -5.32. The molecule has 0 bridgehead atoms. The van der Waals surface area contributed by atoms with Gasteiger partial charge >= 0.3 is 0 Å². The molecule has 0 aliphatic carbocycles. The Bertz CT molecular complexity index is 2380.